The van der Waals surface area contributed by atoms with Crippen molar-refractivity contribution in [1.82, 2.24) is 20.2 Å². The Kier molecular flexibility index (Phi) is 9.02. The standard InChI is InChI=1S/C21H22ClF2N5O4S/c1-4-5-31-12(3)10-32-21-29-28-20(34-21)27-18(30)15-8-25-11(2)6-13(15)14-7-17(22)26-9-16(14)33-19(23)24/h6-9,12,19H,4-5,10H2,1-3H3,(H,27,28,30). The molecule has 0 aliphatic carbocycles. The summed E-state index contributed by atoms with van der Waals surface area (Å²) in [4.78, 5) is 21.0. The molecule has 1 unspecified atom stereocenters. The van der Waals surface area contributed by atoms with Gasteiger partial charge in [-0.2, -0.15) is 8.78 Å². The minimum atomic E-state index is -3.09. The third-order valence-corrected chi connectivity index (χ3v) is 5.26. The van der Waals surface area contributed by atoms with Crippen LogP contribution >= 0.6 is 22.9 Å². The van der Waals surface area contributed by atoms with Crippen molar-refractivity contribution in [3.8, 4) is 22.1 Å². The molecule has 0 aliphatic rings. The van der Waals surface area contributed by atoms with Gasteiger partial charge in [0.15, 0.2) is 5.75 Å². The maximum Gasteiger partial charge on any atom is 0.387 e. The Labute approximate surface area is 203 Å². The second kappa shape index (κ2) is 12.0. The van der Waals surface area contributed by atoms with Crippen LogP contribution < -0.4 is 14.8 Å². The summed E-state index contributed by atoms with van der Waals surface area (Å²) in [5.74, 6) is -0.814. The molecule has 13 heteroatoms. The number of hydrogen-bond donors (Lipinski definition) is 1. The van der Waals surface area contributed by atoms with Gasteiger partial charge in [-0.25, -0.2) is 4.98 Å². The molecule has 0 spiro atoms. The normalized spacial score (nSPS) is 12.0. The first-order valence-corrected chi connectivity index (χ1v) is 11.4. The number of nitrogens with zero attached hydrogens (tertiary/aromatic N) is 4. The predicted molar refractivity (Wildman–Crippen MR) is 123 cm³/mol. The van der Waals surface area contributed by atoms with Gasteiger partial charge in [-0.3, -0.25) is 15.1 Å². The molecule has 9 nitrogen and oxygen atoms in total. The molecule has 1 N–H and O–H groups in total. The molecule has 3 aromatic rings. The molecule has 1 amide bonds. The largest absolute Gasteiger partial charge is 0.466 e. The van der Waals surface area contributed by atoms with Crippen molar-refractivity contribution >= 4 is 34.0 Å². The van der Waals surface area contributed by atoms with Gasteiger partial charge < -0.3 is 14.2 Å². The minimum Gasteiger partial charge on any atom is -0.466 e. The zero-order valence-electron chi connectivity index (χ0n) is 18.5. The van der Waals surface area contributed by atoms with Crippen LogP contribution in [0.4, 0.5) is 13.9 Å². The number of hydrogen-bond acceptors (Lipinski definition) is 9. The van der Waals surface area contributed by atoms with Crippen LogP contribution in [0.15, 0.2) is 24.5 Å². The Balaban J connectivity index is 1.80. The van der Waals surface area contributed by atoms with Crippen LogP contribution in [-0.4, -0.2) is 52.0 Å². The zero-order valence-corrected chi connectivity index (χ0v) is 20.1. The number of nitrogens with one attached hydrogen (secondary N) is 1. The molecular formula is C21H22ClF2N5O4S. The van der Waals surface area contributed by atoms with E-state index < -0.39 is 12.5 Å². The summed E-state index contributed by atoms with van der Waals surface area (Å²) in [6.45, 7) is 3.41. The predicted octanol–water partition coefficient (Wildman–Crippen LogP) is 5.00. The van der Waals surface area contributed by atoms with Gasteiger partial charge in [-0.1, -0.05) is 23.6 Å². The fraction of sp³-hybridized carbons (Fsp3) is 0.381. The molecule has 182 valence electrons. The van der Waals surface area contributed by atoms with E-state index in [9.17, 15) is 13.6 Å². The SMILES string of the molecule is CCCOC(C)COc1nnc(NC(=O)c2cnc(C)cc2-c2cc(Cl)ncc2OC(F)F)s1. The second-order valence-electron chi connectivity index (χ2n) is 7.07. The Morgan fingerprint density at radius 2 is 2.00 bits per heavy atom. The molecule has 34 heavy (non-hydrogen) atoms. The van der Waals surface area contributed by atoms with E-state index in [1.165, 1.54) is 12.3 Å². The summed E-state index contributed by atoms with van der Waals surface area (Å²) in [5, 5.41) is 10.9. The van der Waals surface area contributed by atoms with Crippen LogP contribution in [0.25, 0.3) is 11.1 Å². The molecule has 3 rings (SSSR count). The Morgan fingerprint density at radius 1 is 1.21 bits per heavy atom. The zero-order chi connectivity index (χ0) is 24.7. The van der Waals surface area contributed by atoms with Crippen molar-refractivity contribution in [2.75, 3.05) is 18.5 Å². The van der Waals surface area contributed by atoms with E-state index in [1.807, 2.05) is 13.8 Å². The van der Waals surface area contributed by atoms with Crippen molar-refractivity contribution in [2.24, 2.45) is 0 Å². The number of halogens is 3. The third-order valence-electron chi connectivity index (χ3n) is 4.30. The molecule has 1 atom stereocenters. The number of carbonyl (C=O) groups is 1. The van der Waals surface area contributed by atoms with Gasteiger partial charge in [0.1, 0.15) is 11.8 Å². The molecule has 0 saturated carbocycles. The fourth-order valence-electron chi connectivity index (χ4n) is 2.82. The van der Waals surface area contributed by atoms with Crippen LogP contribution in [0.2, 0.25) is 5.15 Å². The number of anilines is 1. The Morgan fingerprint density at radius 3 is 2.74 bits per heavy atom. The molecule has 0 aromatic carbocycles. The van der Waals surface area contributed by atoms with Crippen molar-refractivity contribution < 1.29 is 27.8 Å². The van der Waals surface area contributed by atoms with Gasteiger partial charge in [-0.15, -0.1) is 5.10 Å². The number of ether oxygens (including phenoxy) is 3. The Hall–Kier alpha value is -2.96. The van der Waals surface area contributed by atoms with Crippen LogP contribution in [0, 0.1) is 6.92 Å². The summed E-state index contributed by atoms with van der Waals surface area (Å²) < 4.78 is 41.5. The number of carbonyl (C=O) groups excluding carboxylic acids is 1. The minimum absolute atomic E-state index is 0.0421. The summed E-state index contributed by atoms with van der Waals surface area (Å²) in [6, 6.07) is 2.90. The highest BCUT2D eigenvalue weighted by Gasteiger charge is 2.21. The van der Waals surface area contributed by atoms with E-state index in [0.717, 1.165) is 24.0 Å². The maximum absolute atomic E-state index is 13.0. The number of amides is 1. The molecule has 3 aromatic heterocycles. The smallest absolute Gasteiger partial charge is 0.387 e. The van der Waals surface area contributed by atoms with Crippen LogP contribution in [0.3, 0.4) is 0 Å². The Bertz CT molecular complexity index is 1130. The lowest BCUT2D eigenvalue weighted by Crippen LogP contribution is -2.18. The summed E-state index contributed by atoms with van der Waals surface area (Å²) in [6.07, 6.45) is 3.17. The number of rotatable bonds is 11. The van der Waals surface area contributed by atoms with E-state index in [-0.39, 0.29) is 50.6 Å². The lowest BCUT2D eigenvalue weighted by molar-refractivity contribution is -0.0496. The molecule has 0 fully saturated rings. The molecule has 3 heterocycles. The highest BCUT2D eigenvalue weighted by atomic mass is 35.5. The second-order valence-corrected chi connectivity index (χ2v) is 8.40. The molecular weight excluding hydrogens is 492 g/mol. The van der Waals surface area contributed by atoms with Crippen molar-refractivity contribution in [3.05, 3.63) is 40.9 Å². The molecule has 0 saturated heterocycles. The van der Waals surface area contributed by atoms with Crippen LogP contribution in [0.5, 0.6) is 10.9 Å². The number of alkyl halides is 2. The highest BCUT2D eigenvalue weighted by molar-refractivity contribution is 7.17. The van der Waals surface area contributed by atoms with Crippen molar-refractivity contribution in [3.63, 3.8) is 0 Å². The summed E-state index contributed by atoms with van der Waals surface area (Å²) in [5.41, 5.74) is 1.09. The fourth-order valence-corrected chi connectivity index (χ4v) is 3.58. The molecule has 0 bridgehead atoms. The van der Waals surface area contributed by atoms with E-state index in [0.29, 0.717) is 12.3 Å². The lowest BCUT2D eigenvalue weighted by Gasteiger charge is -2.14. The van der Waals surface area contributed by atoms with Gasteiger partial charge >= 0.3 is 6.61 Å². The number of aromatic nitrogens is 4. The average molecular weight is 514 g/mol. The van der Waals surface area contributed by atoms with Gasteiger partial charge in [0.25, 0.3) is 11.1 Å². The summed E-state index contributed by atoms with van der Waals surface area (Å²) >= 11 is 7.01. The van der Waals surface area contributed by atoms with Crippen LogP contribution in [0.1, 0.15) is 36.3 Å². The van der Waals surface area contributed by atoms with Gasteiger partial charge in [-0.05, 0) is 43.7 Å². The number of aryl methyl sites for hydroxylation is 1. The maximum atomic E-state index is 13.0. The van der Waals surface area contributed by atoms with E-state index in [2.05, 4.69) is 30.2 Å². The van der Waals surface area contributed by atoms with Gasteiger partial charge in [0, 0.05) is 29.6 Å². The number of pyridine rings is 2. The van der Waals surface area contributed by atoms with Crippen LogP contribution in [-0.2, 0) is 4.74 Å². The topological polar surface area (TPSA) is 108 Å². The quantitative estimate of drug-likeness (QED) is 0.357. The van der Waals surface area contributed by atoms with E-state index in [1.54, 1.807) is 13.0 Å². The average Bonchev–Trinajstić information content (AvgIpc) is 3.24. The summed E-state index contributed by atoms with van der Waals surface area (Å²) in [7, 11) is 0. The van der Waals surface area contributed by atoms with Gasteiger partial charge in [0.2, 0.25) is 5.13 Å². The van der Waals surface area contributed by atoms with E-state index in [4.69, 9.17) is 21.1 Å². The lowest BCUT2D eigenvalue weighted by atomic mass is 10.0. The third kappa shape index (κ3) is 7.02. The molecule has 0 aliphatic heterocycles. The first kappa shape index (κ1) is 25.7. The highest BCUT2D eigenvalue weighted by Crippen LogP contribution is 2.35. The molecule has 0 radical (unpaired) electrons. The first-order chi connectivity index (χ1) is 16.3. The first-order valence-electron chi connectivity index (χ1n) is 10.2. The van der Waals surface area contributed by atoms with Gasteiger partial charge in [0.05, 0.1) is 17.9 Å². The van der Waals surface area contributed by atoms with E-state index >= 15 is 0 Å². The monoisotopic (exact) mass is 513 g/mol. The van der Waals surface area contributed by atoms with Crippen molar-refractivity contribution in [1.29, 1.82) is 0 Å². The van der Waals surface area contributed by atoms with Crippen molar-refractivity contribution in [2.45, 2.75) is 39.9 Å².